The summed E-state index contributed by atoms with van der Waals surface area (Å²) >= 11 is 0. The summed E-state index contributed by atoms with van der Waals surface area (Å²) in [4.78, 5) is 0. The molecule has 15 atom stereocenters. The molecule has 3 fully saturated rings. The van der Waals surface area contributed by atoms with Crippen LogP contribution in [-0.2, 0) is 28.4 Å². The van der Waals surface area contributed by atoms with Crippen molar-refractivity contribution in [3.8, 4) is 0 Å². The summed E-state index contributed by atoms with van der Waals surface area (Å²) in [5.74, 6) is 0. The molecule has 10 unspecified atom stereocenters. The standard InChI is InChI=1S/C19H34NO15.Ac/c1-30-17-8(20)11(26)15(7(4-23)33-17)34-19-14(29)16(10(25)6(3-22)32-19)35-18-13(28)12(27)9(24)5(2-21)31-18;/h5-29H,2-4H2,1H3;/q-1;/t5?,6?,7?,8?,9-,10+,11?,12?,13?,14?,15-,16?,17+,18-,19?;/m0./s1. The summed E-state index contributed by atoms with van der Waals surface area (Å²) in [6, 6.07) is -1.35. The van der Waals surface area contributed by atoms with Gasteiger partial charge in [0.2, 0.25) is 0 Å². The number of aliphatic hydroxyl groups is 9. The molecule has 0 aromatic rings. The van der Waals surface area contributed by atoms with Gasteiger partial charge in [0.15, 0.2) is 12.6 Å². The van der Waals surface area contributed by atoms with Gasteiger partial charge in [0.1, 0.15) is 67.3 Å². The molecule has 0 saturated carbocycles. The van der Waals surface area contributed by atoms with Crippen LogP contribution in [0.4, 0.5) is 0 Å². The topological polar surface area (TPSA) is 261 Å². The van der Waals surface area contributed by atoms with E-state index in [-0.39, 0.29) is 44.1 Å². The van der Waals surface area contributed by atoms with E-state index in [1.54, 1.807) is 0 Å². The van der Waals surface area contributed by atoms with Gasteiger partial charge in [0, 0.05) is 51.2 Å². The minimum Gasteiger partial charge on any atom is -0.668 e. The second-order valence-electron chi connectivity index (χ2n) is 8.58. The smallest absolute Gasteiger partial charge is 0.187 e. The third-order valence-corrected chi connectivity index (χ3v) is 6.34. The number of nitrogens with one attached hydrogen (secondary N) is 1. The molecule has 3 aliphatic heterocycles. The Bertz CT molecular complexity index is 664. The monoisotopic (exact) mass is 743 g/mol. The molecule has 209 valence electrons. The molecule has 16 nitrogen and oxygen atoms in total. The van der Waals surface area contributed by atoms with Crippen molar-refractivity contribution in [2.75, 3.05) is 26.9 Å². The van der Waals surface area contributed by atoms with E-state index in [1.807, 2.05) is 0 Å². The Balaban J connectivity index is 0.00000456. The van der Waals surface area contributed by atoms with Crippen molar-refractivity contribution in [3.05, 3.63) is 5.73 Å². The summed E-state index contributed by atoms with van der Waals surface area (Å²) in [5, 5.41) is 90.7. The number of hydrogen-bond donors (Lipinski definition) is 9. The van der Waals surface area contributed by atoms with Crippen LogP contribution in [0.5, 0.6) is 0 Å². The Hall–Kier alpha value is 0.802. The molecular weight excluding hydrogens is 709 g/mol. The molecule has 0 aromatic carbocycles. The number of methoxy groups -OCH3 is 1. The molecule has 10 N–H and O–H groups in total. The molecule has 0 spiro atoms. The molecule has 17 heteroatoms. The third-order valence-electron chi connectivity index (χ3n) is 6.34. The van der Waals surface area contributed by atoms with E-state index in [0.717, 1.165) is 0 Å². The quantitative estimate of drug-likeness (QED) is 0.112. The van der Waals surface area contributed by atoms with Gasteiger partial charge in [-0.2, -0.15) is 0 Å². The molecule has 0 amide bonds. The first kappa shape index (κ1) is 33.0. The largest absolute Gasteiger partial charge is 0.668 e. The average Bonchev–Trinajstić information content (AvgIpc) is 2.86. The SMILES string of the molecule is CO[C@@H]1OC(CO)[C@H](OC2OC(CO)[C@@H](O)C(O[C@@H]3OC(CO)[C@H](O)C(O)C3O)C2O)C(O)C1[NH-].[Ac]. The number of ether oxygens (including phenoxy) is 6. The van der Waals surface area contributed by atoms with Crippen molar-refractivity contribution in [3.63, 3.8) is 0 Å². The molecule has 36 heavy (non-hydrogen) atoms. The molecule has 0 aromatic heterocycles. The van der Waals surface area contributed by atoms with Crippen molar-refractivity contribution in [1.82, 2.24) is 0 Å². The summed E-state index contributed by atoms with van der Waals surface area (Å²) in [6.45, 7) is -2.18. The second kappa shape index (κ2) is 14.4. The Morgan fingerprint density at radius 3 is 1.58 bits per heavy atom. The zero-order valence-electron chi connectivity index (χ0n) is 19.3. The molecule has 3 saturated heterocycles. The van der Waals surface area contributed by atoms with Crippen LogP contribution in [0.3, 0.4) is 0 Å². The Labute approximate surface area is 242 Å². The summed E-state index contributed by atoms with van der Waals surface area (Å²) in [6.07, 6.45) is -22.0. The molecule has 3 heterocycles. The zero-order chi connectivity index (χ0) is 26.0. The fourth-order valence-corrected chi connectivity index (χ4v) is 4.25. The van der Waals surface area contributed by atoms with Crippen LogP contribution in [0.15, 0.2) is 0 Å². The van der Waals surface area contributed by atoms with E-state index in [2.05, 4.69) is 0 Å². The first-order chi connectivity index (χ1) is 16.6. The van der Waals surface area contributed by atoms with Crippen molar-refractivity contribution in [2.45, 2.75) is 92.1 Å². The molecule has 3 rings (SSSR count). The van der Waals surface area contributed by atoms with E-state index in [4.69, 9.17) is 34.2 Å². The van der Waals surface area contributed by atoms with Crippen LogP contribution in [0.25, 0.3) is 5.73 Å². The molecular formula is C19H34AcNO15-. The maximum absolute atomic E-state index is 10.8. The number of rotatable bonds is 8. The normalized spacial score (nSPS) is 49.9. The van der Waals surface area contributed by atoms with E-state index < -0.39 is 112 Å². The minimum atomic E-state index is -1.85. The Morgan fingerprint density at radius 1 is 0.583 bits per heavy atom. The molecule has 3 aliphatic rings. The third kappa shape index (κ3) is 6.74. The molecule has 0 bridgehead atoms. The van der Waals surface area contributed by atoms with E-state index in [1.165, 1.54) is 7.11 Å². The van der Waals surface area contributed by atoms with Crippen molar-refractivity contribution in [1.29, 1.82) is 0 Å². The van der Waals surface area contributed by atoms with Gasteiger partial charge in [-0.25, -0.2) is 0 Å². The predicted molar refractivity (Wildman–Crippen MR) is 108 cm³/mol. The van der Waals surface area contributed by atoms with Gasteiger partial charge >= 0.3 is 0 Å². The average molecular weight is 743 g/mol. The van der Waals surface area contributed by atoms with Crippen LogP contribution in [0.2, 0.25) is 0 Å². The predicted octanol–water partition coefficient (Wildman–Crippen LogP) is -5.86. The number of hydrogen-bond acceptors (Lipinski definition) is 15. The summed E-state index contributed by atoms with van der Waals surface area (Å²) in [5.41, 5.74) is 8.03. The summed E-state index contributed by atoms with van der Waals surface area (Å²) in [7, 11) is 1.25. The Morgan fingerprint density at radius 2 is 1.06 bits per heavy atom. The van der Waals surface area contributed by atoms with Gasteiger partial charge in [-0.1, -0.05) is 6.04 Å². The van der Waals surface area contributed by atoms with Gasteiger partial charge in [-0.15, -0.1) is 0 Å². The van der Waals surface area contributed by atoms with Gasteiger partial charge < -0.3 is 80.1 Å². The van der Waals surface area contributed by atoms with Crippen molar-refractivity contribution in [2.24, 2.45) is 0 Å². The number of aliphatic hydroxyl groups excluding tert-OH is 9. The molecule has 1 radical (unpaired) electrons. The van der Waals surface area contributed by atoms with Gasteiger partial charge in [-0.3, -0.25) is 0 Å². The van der Waals surface area contributed by atoms with Gasteiger partial charge in [0.25, 0.3) is 0 Å². The van der Waals surface area contributed by atoms with Crippen molar-refractivity contribution >= 4 is 0 Å². The first-order valence-electron chi connectivity index (χ1n) is 11.0. The van der Waals surface area contributed by atoms with Crippen LogP contribution in [0.1, 0.15) is 0 Å². The van der Waals surface area contributed by atoms with E-state index in [0.29, 0.717) is 0 Å². The first-order valence-corrected chi connectivity index (χ1v) is 11.0. The van der Waals surface area contributed by atoms with Crippen LogP contribution < -0.4 is 0 Å². The van der Waals surface area contributed by atoms with Gasteiger partial charge in [-0.05, 0) is 0 Å². The minimum absolute atomic E-state index is 0. The molecule has 0 aliphatic carbocycles. The Kier molecular flexibility index (Phi) is 13.2. The summed E-state index contributed by atoms with van der Waals surface area (Å²) < 4.78 is 32.1. The van der Waals surface area contributed by atoms with Crippen LogP contribution >= 0.6 is 0 Å². The van der Waals surface area contributed by atoms with E-state index in [9.17, 15) is 46.0 Å². The van der Waals surface area contributed by atoms with Gasteiger partial charge in [0.05, 0.1) is 25.9 Å². The van der Waals surface area contributed by atoms with E-state index >= 15 is 0 Å². The zero-order valence-corrected chi connectivity index (χ0v) is 24.1. The second-order valence-corrected chi connectivity index (χ2v) is 8.58. The van der Waals surface area contributed by atoms with Crippen molar-refractivity contribution < 1.29 is 118 Å². The maximum atomic E-state index is 10.8. The van der Waals surface area contributed by atoms with Crippen LogP contribution in [-0.4, -0.2) is 165 Å². The fraction of sp³-hybridized carbons (Fsp3) is 1.00. The van der Waals surface area contributed by atoms with Crippen LogP contribution in [0, 0.1) is 44.1 Å². The maximum Gasteiger partial charge on any atom is 0.187 e. The fourth-order valence-electron chi connectivity index (χ4n) is 4.25.